The molecular weight excluding hydrogens is 312 g/mol. The molecule has 0 spiro atoms. The fourth-order valence-electron chi connectivity index (χ4n) is 1.59. The van der Waals surface area contributed by atoms with E-state index in [1.54, 1.807) is 18.2 Å². The largest absolute Gasteiger partial charge is 0.492 e. The summed E-state index contributed by atoms with van der Waals surface area (Å²) in [4.78, 5) is 4.00. The number of aromatic nitrogens is 1. The molecule has 112 valence electrons. The lowest BCUT2D eigenvalue weighted by molar-refractivity contribution is 0.317. The Morgan fingerprint density at radius 1 is 1.29 bits per heavy atom. The van der Waals surface area contributed by atoms with Crippen molar-refractivity contribution in [1.29, 1.82) is 0 Å². The third kappa shape index (κ3) is 4.09. The van der Waals surface area contributed by atoms with Crippen molar-refractivity contribution >= 4 is 27.4 Å². The van der Waals surface area contributed by atoms with Gasteiger partial charge in [0.1, 0.15) is 11.6 Å². The van der Waals surface area contributed by atoms with E-state index < -0.39 is 10.0 Å². The highest BCUT2D eigenvalue weighted by Gasteiger charge is 2.17. The van der Waals surface area contributed by atoms with Gasteiger partial charge in [0.2, 0.25) is 0 Å². The van der Waals surface area contributed by atoms with Gasteiger partial charge in [0, 0.05) is 12.3 Å². The van der Waals surface area contributed by atoms with E-state index in [1.165, 1.54) is 24.4 Å². The van der Waals surface area contributed by atoms with Crippen molar-refractivity contribution in [2.75, 3.05) is 11.3 Å². The van der Waals surface area contributed by atoms with Crippen LogP contribution in [0.1, 0.15) is 13.3 Å². The van der Waals surface area contributed by atoms with E-state index in [0.717, 1.165) is 6.42 Å². The van der Waals surface area contributed by atoms with E-state index in [4.69, 9.17) is 16.3 Å². The minimum atomic E-state index is -3.73. The van der Waals surface area contributed by atoms with Crippen LogP contribution in [0.15, 0.2) is 47.5 Å². The predicted octanol–water partition coefficient (Wildman–Crippen LogP) is 3.32. The summed E-state index contributed by atoms with van der Waals surface area (Å²) in [6, 6.07) is 9.30. The van der Waals surface area contributed by atoms with Crippen LogP contribution in [0.25, 0.3) is 0 Å². The number of nitrogens with one attached hydrogen (secondary N) is 1. The zero-order valence-electron chi connectivity index (χ0n) is 11.4. The highest BCUT2D eigenvalue weighted by Crippen LogP contribution is 2.28. The number of benzene rings is 1. The number of sulfonamides is 1. The Kier molecular flexibility index (Phi) is 5.03. The molecule has 1 aromatic carbocycles. The van der Waals surface area contributed by atoms with Gasteiger partial charge >= 0.3 is 0 Å². The van der Waals surface area contributed by atoms with Crippen molar-refractivity contribution < 1.29 is 13.2 Å². The van der Waals surface area contributed by atoms with Gasteiger partial charge in [-0.1, -0.05) is 24.6 Å². The maximum absolute atomic E-state index is 12.3. The molecule has 1 aromatic heterocycles. The summed E-state index contributed by atoms with van der Waals surface area (Å²) in [7, 11) is -3.73. The molecule has 0 aliphatic carbocycles. The van der Waals surface area contributed by atoms with Crippen LogP contribution < -0.4 is 9.46 Å². The molecular formula is C14H15ClN2O3S. The normalized spacial score (nSPS) is 11.1. The van der Waals surface area contributed by atoms with Gasteiger partial charge in [-0.3, -0.25) is 4.72 Å². The average molecular weight is 327 g/mol. The molecule has 2 rings (SSSR count). The summed E-state index contributed by atoms with van der Waals surface area (Å²) in [5, 5.41) is 0.375. The van der Waals surface area contributed by atoms with Crippen LogP contribution in [-0.4, -0.2) is 20.0 Å². The summed E-state index contributed by atoms with van der Waals surface area (Å²) in [6.07, 6.45) is 2.31. The minimum absolute atomic E-state index is 0.0728. The molecule has 1 heterocycles. The molecule has 0 aliphatic heterocycles. The van der Waals surface area contributed by atoms with Crippen molar-refractivity contribution in [2.45, 2.75) is 18.2 Å². The number of hydrogen-bond donors (Lipinski definition) is 1. The molecule has 0 unspecified atom stereocenters. The van der Waals surface area contributed by atoms with E-state index in [1.807, 2.05) is 6.92 Å². The van der Waals surface area contributed by atoms with Crippen LogP contribution >= 0.6 is 11.6 Å². The van der Waals surface area contributed by atoms with Crippen LogP contribution in [0.2, 0.25) is 5.02 Å². The van der Waals surface area contributed by atoms with Crippen molar-refractivity contribution in [1.82, 2.24) is 4.98 Å². The SMILES string of the molecule is CCCOc1cc(S(=O)(=O)Nc2ccccn2)ccc1Cl. The second kappa shape index (κ2) is 6.78. The highest BCUT2D eigenvalue weighted by atomic mass is 35.5. The molecule has 0 radical (unpaired) electrons. The maximum atomic E-state index is 12.3. The van der Waals surface area contributed by atoms with Gasteiger partial charge in [0.25, 0.3) is 10.0 Å². The van der Waals surface area contributed by atoms with Crippen LogP contribution in [0, 0.1) is 0 Å². The van der Waals surface area contributed by atoms with E-state index >= 15 is 0 Å². The topological polar surface area (TPSA) is 68.3 Å². The number of nitrogens with zero attached hydrogens (tertiary/aromatic N) is 1. The minimum Gasteiger partial charge on any atom is -0.492 e. The quantitative estimate of drug-likeness (QED) is 0.884. The van der Waals surface area contributed by atoms with E-state index in [0.29, 0.717) is 17.4 Å². The molecule has 1 N–H and O–H groups in total. The summed E-state index contributed by atoms with van der Waals surface area (Å²) >= 11 is 5.99. The highest BCUT2D eigenvalue weighted by molar-refractivity contribution is 7.92. The smallest absolute Gasteiger partial charge is 0.263 e. The van der Waals surface area contributed by atoms with E-state index in [-0.39, 0.29) is 10.7 Å². The molecule has 0 atom stereocenters. The molecule has 0 aliphatic rings. The van der Waals surface area contributed by atoms with Gasteiger partial charge in [-0.05, 0) is 30.7 Å². The molecule has 0 fully saturated rings. The Morgan fingerprint density at radius 2 is 2.10 bits per heavy atom. The van der Waals surface area contributed by atoms with Gasteiger partial charge in [-0.25, -0.2) is 13.4 Å². The molecule has 0 amide bonds. The Hall–Kier alpha value is -1.79. The third-order valence-corrected chi connectivity index (χ3v) is 4.24. The lowest BCUT2D eigenvalue weighted by Gasteiger charge is -2.11. The first-order valence-electron chi connectivity index (χ1n) is 6.39. The van der Waals surface area contributed by atoms with E-state index in [9.17, 15) is 8.42 Å². The van der Waals surface area contributed by atoms with Crippen LogP contribution in [0.5, 0.6) is 5.75 Å². The molecule has 7 heteroatoms. The van der Waals surface area contributed by atoms with Crippen LogP contribution in [-0.2, 0) is 10.0 Å². The molecule has 0 bridgehead atoms. The molecule has 5 nitrogen and oxygen atoms in total. The Labute approximate surface area is 129 Å². The van der Waals surface area contributed by atoms with Gasteiger partial charge < -0.3 is 4.74 Å². The van der Waals surface area contributed by atoms with Crippen molar-refractivity contribution in [3.63, 3.8) is 0 Å². The number of anilines is 1. The van der Waals surface area contributed by atoms with Gasteiger partial charge in [0.05, 0.1) is 16.5 Å². The summed E-state index contributed by atoms with van der Waals surface area (Å²) in [6.45, 7) is 2.42. The third-order valence-electron chi connectivity index (χ3n) is 2.58. The lowest BCUT2D eigenvalue weighted by Crippen LogP contribution is -2.14. The summed E-state index contributed by atoms with van der Waals surface area (Å²) in [5.74, 6) is 0.603. The lowest BCUT2D eigenvalue weighted by atomic mass is 10.3. The fourth-order valence-corrected chi connectivity index (χ4v) is 2.79. The van der Waals surface area contributed by atoms with Gasteiger partial charge in [-0.15, -0.1) is 0 Å². The van der Waals surface area contributed by atoms with Crippen LogP contribution in [0.3, 0.4) is 0 Å². The molecule has 0 saturated carbocycles. The Morgan fingerprint density at radius 3 is 2.76 bits per heavy atom. The molecule has 0 saturated heterocycles. The van der Waals surface area contributed by atoms with Gasteiger partial charge in [0.15, 0.2) is 0 Å². The first kappa shape index (κ1) is 15.6. The Bertz CT molecular complexity index is 705. The average Bonchev–Trinajstić information content (AvgIpc) is 2.47. The number of hydrogen-bond acceptors (Lipinski definition) is 4. The van der Waals surface area contributed by atoms with Crippen LogP contribution in [0.4, 0.5) is 5.82 Å². The second-order valence-electron chi connectivity index (χ2n) is 4.26. The van der Waals surface area contributed by atoms with Gasteiger partial charge in [-0.2, -0.15) is 0 Å². The molecule has 21 heavy (non-hydrogen) atoms. The van der Waals surface area contributed by atoms with Crippen molar-refractivity contribution in [3.8, 4) is 5.75 Å². The molecule has 2 aromatic rings. The zero-order chi connectivity index (χ0) is 15.3. The number of halogens is 1. The summed E-state index contributed by atoms with van der Waals surface area (Å²) in [5.41, 5.74) is 0. The first-order valence-corrected chi connectivity index (χ1v) is 8.25. The Balaban J connectivity index is 2.27. The standard InChI is InChI=1S/C14H15ClN2O3S/c1-2-9-20-13-10-11(6-7-12(13)15)21(18,19)17-14-5-3-4-8-16-14/h3-8,10H,2,9H2,1H3,(H,16,17). The van der Waals surface area contributed by atoms with Crippen molar-refractivity contribution in [2.24, 2.45) is 0 Å². The monoisotopic (exact) mass is 326 g/mol. The van der Waals surface area contributed by atoms with Crippen molar-refractivity contribution in [3.05, 3.63) is 47.6 Å². The first-order chi connectivity index (χ1) is 10.0. The number of rotatable bonds is 6. The van der Waals surface area contributed by atoms with E-state index in [2.05, 4.69) is 9.71 Å². The number of pyridine rings is 1. The maximum Gasteiger partial charge on any atom is 0.263 e. The predicted molar refractivity (Wildman–Crippen MR) is 82.3 cm³/mol. The second-order valence-corrected chi connectivity index (χ2v) is 6.35. The summed E-state index contributed by atoms with van der Waals surface area (Å²) < 4.78 is 32.4. The fraction of sp³-hybridized carbons (Fsp3) is 0.214. The zero-order valence-corrected chi connectivity index (χ0v) is 13.0. The number of ether oxygens (including phenoxy) is 1.